The molecular weight excluding hydrogens is 282 g/mol. The van der Waals surface area contributed by atoms with Crippen LogP contribution in [0.2, 0.25) is 0 Å². The van der Waals surface area contributed by atoms with Crippen LogP contribution in [0.3, 0.4) is 0 Å². The van der Waals surface area contributed by atoms with Crippen molar-refractivity contribution in [2.24, 2.45) is 4.99 Å². The molecule has 1 atom stereocenters. The number of nitro groups is 1. The summed E-state index contributed by atoms with van der Waals surface area (Å²) in [5.41, 5.74) is 2.20. The molecule has 1 aliphatic heterocycles. The van der Waals surface area contributed by atoms with E-state index < -0.39 is 10.8 Å². The van der Waals surface area contributed by atoms with E-state index in [2.05, 4.69) is 10.3 Å². The molecule has 0 bridgehead atoms. The van der Waals surface area contributed by atoms with Crippen LogP contribution in [0, 0.1) is 10.1 Å². The van der Waals surface area contributed by atoms with Crippen molar-refractivity contribution in [2.75, 3.05) is 5.32 Å². The summed E-state index contributed by atoms with van der Waals surface area (Å²) >= 11 is 0. The maximum atomic E-state index is 12.0. The number of nitrogens with zero attached hydrogens (tertiary/aromatic N) is 2. The smallest absolute Gasteiger partial charge is 0.269 e. The number of carbonyl (C=O) groups is 1. The summed E-state index contributed by atoms with van der Waals surface area (Å²) in [6.07, 6.45) is 1.55. The van der Waals surface area contributed by atoms with Crippen LogP contribution in [0.1, 0.15) is 17.0 Å². The van der Waals surface area contributed by atoms with E-state index in [0.717, 1.165) is 5.56 Å². The molecule has 0 aromatic heterocycles. The molecule has 6 heteroatoms. The molecule has 22 heavy (non-hydrogen) atoms. The molecule has 1 amide bonds. The molecule has 2 aromatic carbocycles. The summed E-state index contributed by atoms with van der Waals surface area (Å²) < 4.78 is 0. The normalized spacial score (nSPS) is 16.5. The third kappa shape index (κ3) is 2.71. The lowest BCUT2D eigenvalue weighted by Gasteiger charge is -2.02. The van der Waals surface area contributed by atoms with Gasteiger partial charge in [-0.3, -0.25) is 19.9 Å². The number of benzene rings is 2. The van der Waals surface area contributed by atoms with Crippen molar-refractivity contribution in [1.29, 1.82) is 0 Å². The van der Waals surface area contributed by atoms with Crippen molar-refractivity contribution >= 4 is 23.5 Å². The second-order valence-corrected chi connectivity index (χ2v) is 4.97. The number of aliphatic imine (C=N–C) groups is 1. The standard InChI is InChI=1S/C16H13N3O3/c20-16-14(10-17-9-11-4-2-1-3-5-11)13-8-12(19(21)22)6-7-15(13)18-16/h1-8,10,14H,9H2,(H,18,20). The summed E-state index contributed by atoms with van der Waals surface area (Å²) in [6.45, 7) is 0.467. The van der Waals surface area contributed by atoms with Gasteiger partial charge in [-0.25, -0.2) is 0 Å². The molecule has 0 spiro atoms. The predicted octanol–water partition coefficient (Wildman–Crippen LogP) is 2.90. The van der Waals surface area contributed by atoms with Crippen LogP contribution in [0.5, 0.6) is 0 Å². The second-order valence-electron chi connectivity index (χ2n) is 4.97. The summed E-state index contributed by atoms with van der Waals surface area (Å²) in [4.78, 5) is 26.7. The number of non-ortho nitro benzene ring substituents is 1. The lowest BCUT2D eigenvalue weighted by molar-refractivity contribution is -0.384. The fourth-order valence-corrected chi connectivity index (χ4v) is 2.38. The first-order valence-electron chi connectivity index (χ1n) is 6.78. The van der Waals surface area contributed by atoms with Gasteiger partial charge in [-0.15, -0.1) is 0 Å². The highest BCUT2D eigenvalue weighted by molar-refractivity contribution is 6.12. The van der Waals surface area contributed by atoms with Gasteiger partial charge in [0.05, 0.1) is 11.5 Å². The topological polar surface area (TPSA) is 84.6 Å². The van der Waals surface area contributed by atoms with Crippen LogP contribution in [-0.2, 0) is 11.3 Å². The zero-order valence-corrected chi connectivity index (χ0v) is 11.6. The van der Waals surface area contributed by atoms with Gasteiger partial charge in [-0.1, -0.05) is 30.3 Å². The van der Waals surface area contributed by atoms with Gasteiger partial charge < -0.3 is 5.32 Å². The van der Waals surface area contributed by atoms with Gasteiger partial charge in [-0.2, -0.15) is 0 Å². The fraction of sp³-hybridized carbons (Fsp3) is 0.125. The Morgan fingerprint density at radius 3 is 2.73 bits per heavy atom. The quantitative estimate of drug-likeness (QED) is 0.534. The monoisotopic (exact) mass is 295 g/mol. The molecular formula is C16H13N3O3. The van der Waals surface area contributed by atoms with Gasteiger partial charge in [0.2, 0.25) is 5.91 Å². The minimum absolute atomic E-state index is 0.0308. The third-order valence-corrected chi connectivity index (χ3v) is 3.49. The molecule has 0 aliphatic carbocycles. The van der Waals surface area contributed by atoms with Crippen LogP contribution in [0.25, 0.3) is 0 Å². The Labute approximate surface area is 126 Å². The summed E-state index contributed by atoms with van der Waals surface area (Å²) in [5.74, 6) is -0.800. The largest absolute Gasteiger partial charge is 0.325 e. The van der Waals surface area contributed by atoms with Gasteiger partial charge in [-0.05, 0) is 11.6 Å². The molecule has 1 N–H and O–H groups in total. The van der Waals surface area contributed by atoms with Crippen molar-refractivity contribution in [1.82, 2.24) is 0 Å². The van der Waals surface area contributed by atoms with E-state index in [9.17, 15) is 14.9 Å². The molecule has 0 saturated carbocycles. The molecule has 110 valence electrons. The van der Waals surface area contributed by atoms with Crippen molar-refractivity contribution in [3.8, 4) is 0 Å². The Kier molecular flexibility index (Phi) is 3.65. The molecule has 1 unspecified atom stereocenters. The van der Waals surface area contributed by atoms with E-state index in [1.165, 1.54) is 12.1 Å². The van der Waals surface area contributed by atoms with Gasteiger partial charge in [0.1, 0.15) is 5.92 Å². The average Bonchev–Trinajstić information content (AvgIpc) is 2.83. The van der Waals surface area contributed by atoms with E-state index in [1.807, 2.05) is 30.3 Å². The Balaban J connectivity index is 1.82. The molecule has 0 saturated heterocycles. The number of nitro benzene ring substituents is 1. The van der Waals surface area contributed by atoms with Gasteiger partial charge in [0.25, 0.3) is 5.69 Å². The van der Waals surface area contributed by atoms with Gasteiger partial charge in [0, 0.05) is 29.6 Å². The highest BCUT2D eigenvalue weighted by Crippen LogP contribution is 2.34. The summed E-state index contributed by atoms with van der Waals surface area (Å²) in [6, 6.07) is 14.0. The number of hydrogen-bond donors (Lipinski definition) is 1. The third-order valence-electron chi connectivity index (χ3n) is 3.49. The van der Waals surface area contributed by atoms with E-state index in [0.29, 0.717) is 17.8 Å². The molecule has 2 aromatic rings. The van der Waals surface area contributed by atoms with E-state index in [-0.39, 0.29) is 11.6 Å². The maximum Gasteiger partial charge on any atom is 0.269 e. The first-order chi connectivity index (χ1) is 10.6. The maximum absolute atomic E-state index is 12.0. The van der Waals surface area contributed by atoms with Crippen LogP contribution in [-0.4, -0.2) is 17.0 Å². The van der Waals surface area contributed by atoms with Crippen molar-refractivity contribution < 1.29 is 9.72 Å². The summed E-state index contributed by atoms with van der Waals surface area (Å²) in [7, 11) is 0. The molecule has 6 nitrogen and oxygen atoms in total. The van der Waals surface area contributed by atoms with Gasteiger partial charge >= 0.3 is 0 Å². The van der Waals surface area contributed by atoms with E-state index >= 15 is 0 Å². The molecule has 3 rings (SSSR count). The van der Waals surface area contributed by atoms with Crippen molar-refractivity contribution in [3.05, 3.63) is 69.8 Å². The Hall–Kier alpha value is -3.02. The predicted molar refractivity (Wildman–Crippen MR) is 83.1 cm³/mol. The molecule has 0 fully saturated rings. The minimum Gasteiger partial charge on any atom is -0.325 e. The van der Waals surface area contributed by atoms with Gasteiger partial charge in [0.15, 0.2) is 0 Å². The number of fused-ring (bicyclic) bond motifs is 1. The van der Waals surface area contributed by atoms with E-state index in [1.54, 1.807) is 12.3 Å². The Morgan fingerprint density at radius 2 is 2.00 bits per heavy atom. The lowest BCUT2D eigenvalue weighted by atomic mass is 10.0. The van der Waals surface area contributed by atoms with Crippen LogP contribution in [0.4, 0.5) is 11.4 Å². The number of carbonyl (C=O) groups excluding carboxylic acids is 1. The van der Waals surface area contributed by atoms with Crippen molar-refractivity contribution in [3.63, 3.8) is 0 Å². The first kappa shape index (κ1) is 13.9. The Morgan fingerprint density at radius 1 is 1.23 bits per heavy atom. The molecule has 1 aliphatic rings. The van der Waals surface area contributed by atoms with Crippen molar-refractivity contribution in [2.45, 2.75) is 12.5 Å². The average molecular weight is 295 g/mol. The number of anilines is 1. The number of hydrogen-bond acceptors (Lipinski definition) is 4. The Bertz CT molecular complexity index is 756. The number of nitrogens with one attached hydrogen (secondary N) is 1. The SMILES string of the molecule is O=C1Nc2ccc([N+](=O)[O-])cc2C1C=NCc1ccccc1. The zero-order chi connectivity index (χ0) is 15.5. The number of amides is 1. The number of rotatable bonds is 4. The second kappa shape index (κ2) is 5.77. The highest BCUT2D eigenvalue weighted by Gasteiger charge is 2.30. The van der Waals surface area contributed by atoms with E-state index in [4.69, 9.17) is 0 Å². The fourth-order valence-electron chi connectivity index (χ4n) is 2.38. The first-order valence-corrected chi connectivity index (χ1v) is 6.78. The summed E-state index contributed by atoms with van der Waals surface area (Å²) in [5, 5.41) is 13.6. The lowest BCUT2D eigenvalue weighted by Crippen LogP contribution is -2.13. The highest BCUT2D eigenvalue weighted by atomic mass is 16.6. The zero-order valence-electron chi connectivity index (χ0n) is 11.6. The molecule has 0 radical (unpaired) electrons. The van der Waals surface area contributed by atoms with Crippen LogP contribution < -0.4 is 5.32 Å². The molecule has 1 heterocycles. The van der Waals surface area contributed by atoms with Crippen LogP contribution >= 0.6 is 0 Å². The minimum atomic E-state index is -0.585. The van der Waals surface area contributed by atoms with Crippen LogP contribution in [0.15, 0.2) is 53.5 Å².